The summed E-state index contributed by atoms with van der Waals surface area (Å²) in [7, 11) is -3.72. The maximum Gasteiger partial charge on any atom is 0.307 e. The standard InChI is InChI=1S/C11H22N2O5S/c1-8(2)10(14)6-12-19(17,18)13-5-3-4-9(7-13)11(15)16/h8-10,12,14H,3-7H2,1-2H3,(H,15,16). The summed E-state index contributed by atoms with van der Waals surface area (Å²) in [5, 5.41) is 18.5. The van der Waals surface area contributed by atoms with Crippen LogP contribution in [0.25, 0.3) is 0 Å². The fourth-order valence-corrected chi connectivity index (χ4v) is 3.19. The summed E-state index contributed by atoms with van der Waals surface area (Å²) in [6.45, 7) is 3.83. The highest BCUT2D eigenvalue weighted by atomic mass is 32.2. The Morgan fingerprint density at radius 3 is 2.63 bits per heavy atom. The number of carboxylic acids is 1. The van der Waals surface area contributed by atoms with E-state index in [-0.39, 0.29) is 19.0 Å². The van der Waals surface area contributed by atoms with Gasteiger partial charge in [0.05, 0.1) is 12.0 Å². The van der Waals surface area contributed by atoms with Gasteiger partial charge >= 0.3 is 5.97 Å². The van der Waals surface area contributed by atoms with Crippen LogP contribution >= 0.6 is 0 Å². The van der Waals surface area contributed by atoms with Crippen LogP contribution in [-0.4, -0.2) is 54.6 Å². The van der Waals surface area contributed by atoms with Gasteiger partial charge in [-0.25, -0.2) is 0 Å². The molecular formula is C11H22N2O5S. The van der Waals surface area contributed by atoms with Crippen LogP contribution < -0.4 is 4.72 Å². The number of carbonyl (C=O) groups is 1. The normalized spacial score (nSPS) is 23.5. The molecule has 1 aliphatic heterocycles. The van der Waals surface area contributed by atoms with E-state index in [1.165, 1.54) is 0 Å². The summed E-state index contributed by atoms with van der Waals surface area (Å²) < 4.78 is 27.4. The Bertz CT molecular complexity index is 409. The summed E-state index contributed by atoms with van der Waals surface area (Å²) in [5.41, 5.74) is 0. The van der Waals surface area contributed by atoms with Gasteiger partial charge in [0.1, 0.15) is 0 Å². The number of nitrogens with one attached hydrogen (secondary N) is 1. The van der Waals surface area contributed by atoms with E-state index in [0.29, 0.717) is 19.4 Å². The number of hydrogen-bond donors (Lipinski definition) is 3. The Morgan fingerprint density at radius 1 is 1.47 bits per heavy atom. The van der Waals surface area contributed by atoms with Crippen molar-refractivity contribution in [2.75, 3.05) is 19.6 Å². The number of hydrogen-bond acceptors (Lipinski definition) is 4. The lowest BCUT2D eigenvalue weighted by atomic mass is 10.0. The minimum absolute atomic E-state index is 0.0115. The maximum absolute atomic E-state index is 12.0. The average molecular weight is 294 g/mol. The van der Waals surface area contributed by atoms with Gasteiger partial charge in [-0.15, -0.1) is 0 Å². The van der Waals surface area contributed by atoms with Crippen molar-refractivity contribution in [1.82, 2.24) is 9.03 Å². The van der Waals surface area contributed by atoms with E-state index < -0.39 is 28.2 Å². The Kier molecular flexibility index (Phi) is 5.72. The van der Waals surface area contributed by atoms with Crippen LogP contribution in [0.15, 0.2) is 0 Å². The largest absolute Gasteiger partial charge is 0.481 e. The molecule has 1 aliphatic rings. The van der Waals surface area contributed by atoms with Gasteiger partial charge in [0.15, 0.2) is 0 Å². The second-order valence-corrected chi connectivity index (χ2v) is 6.96. The van der Waals surface area contributed by atoms with Crippen molar-refractivity contribution in [3.05, 3.63) is 0 Å². The molecule has 0 spiro atoms. The van der Waals surface area contributed by atoms with Crippen LogP contribution in [0.5, 0.6) is 0 Å². The molecule has 1 saturated heterocycles. The third-order valence-electron chi connectivity index (χ3n) is 3.32. The summed E-state index contributed by atoms with van der Waals surface area (Å²) in [6.07, 6.45) is 0.274. The monoisotopic (exact) mass is 294 g/mol. The molecule has 0 aromatic carbocycles. The number of nitrogens with zero attached hydrogens (tertiary/aromatic N) is 1. The third-order valence-corrected chi connectivity index (χ3v) is 4.86. The van der Waals surface area contributed by atoms with Crippen LogP contribution in [0.2, 0.25) is 0 Å². The Balaban J connectivity index is 2.59. The van der Waals surface area contributed by atoms with Gasteiger partial charge in [0.2, 0.25) is 0 Å². The molecule has 0 aromatic rings. The number of piperidine rings is 1. The van der Waals surface area contributed by atoms with Crippen LogP contribution in [0.4, 0.5) is 0 Å². The summed E-state index contributed by atoms with van der Waals surface area (Å²) in [5.74, 6) is -1.67. The van der Waals surface area contributed by atoms with Gasteiger partial charge < -0.3 is 10.2 Å². The van der Waals surface area contributed by atoms with Gasteiger partial charge in [-0.05, 0) is 18.8 Å². The zero-order valence-corrected chi connectivity index (χ0v) is 12.1. The Morgan fingerprint density at radius 2 is 2.11 bits per heavy atom. The van der Waals surface area contributed by atoms with Crippen LogP contribution in [0.3, 0.4) is 0 Å². The van der Waals surface area contributed by atoms with Crippen molar-refractivity contribution in [2.45, 2.75) is 32.8 Å². The fraction of sp³-hybridized carbons (Fsp3) is 0.909. The van der Waals surface area contributed by atoms with Crippen LogP contribution in [0.1, 0.15) is 26.7 Å². The third kappa shape index (κ3) is 4.72. The van der Waals surface area contributed by atoms with E-state index in [1.807, 2.05) is 0 Å². The highest BCUT2D eigenvalue weighted by Gasteiger charge is 2.32. The molecule has 2 unspecified atom stereocenters. The second kappa shape index (κ2) is 6.65. The molecule has 0 saturated carbocycles. The van der Waals surface area contributed by atoms with Gasteiger partial charge in [0.25, 0.3) is 10.2 Å². The van der Waals surface area contributed by atoms with E-state index in [2.05, 4.69) is 4.72 Å². The summed E-state index contributed by atoms with van der Waals surface area (Å²) >= 11 is 0. The smallest absolute Gasteiger partial charge is 0.307 e. The van der Waals surface area contributed by atoms with E-state index in [1.54, 1.807) is 13.8 Å². The lowest BCUT2D eigenvalue weighted by Gasteiger charge is -2.30. The molecule has 1 fully saturated rings. The zero-order chi connectivity index (χ0) is 14.6. The summed E-state index contributed by atoms with van der Waals surface area (Å²) in [6, 6.07) is 0. The lowest BCUT2D eigenvalue weighted by Crippen LogP contribution is -2.49. The first-order chi connectivity index (χ1) is 8.74. The highest BCUT2D eigenvalue weighted by Crippen LogP contribution is 2.18. The molecule has 8 heteroatoms. The molecule has 0 radical (unpaired) electrons. The Labute approximate surface area is 113 Å². The van der Waals surface area contributed by atoms with Crippen molar-refractivity contribution >= 4 is 16.2 Å². The maximum atomic E-state index is 12.0. The molecular weight excluding hydrogens is 272 g/mol. The first-order valence-electron chi connectivity index (χ1n) is 6.39. The van der Waals surface area contributed by atoms with E-state index >= 15 is 0 Å². The van der Waals surface area contributed by atoms with Crippen molar-refractivity contribution in [3.63, 3.8) is 0 Å². The average Bonchev–Trinajstić information content (AvgIpc) is 2.36. The molecule has 1 rings (SSSR count). The van der Waals surface area contributed by atoms with E-state index in [9.17, 15) is 18.3 Å². The topological polar surface area (TPSA) is 107 Å². The molecule has 2 atom stereocenters. The molecule has 3 N–H and O–H groups in total. The number of aliphatic hydroxyl groups is 1. The van der Waals surface area contributed by atoms with Gasteiger partial charge in [-0.3, -0.25) is 4.79 Å². The van der Waals surface area contributed by atoms with Crippen LogP contribution in [-0.2, 0) is 15.0 Å². The molecule has 112 valence electrons. The minimum Gasteiger partial charge on any atom is -0.481 e. The fourth-order valence-electron chi connectivity index (χ4n) is 1.88. The number of carboxylic acid groups (broad SMARTS) is 1. The first-order valence-corrected chi connectivity index (χ1v) is 7.83. The van der Waals surface area contributed by atoms with Crippen LogP contribution in [0, 0.1) is 11.8 Å². The Hall–Kier alpha value is -0.700. The minimum atomic E-state index is -3.72. The molecule has 0 aromatic heterocycles. The quantitative estimate of drug-likeness (QED) is 0.620. The second-order valence-electron chi connectivity index (χ2n) is 5.20. The summed E-state index contributed by atoms with van der Waals surface area (Å²) in [4.78, 5) is 10.9. The van der Waals surface area contributed by atoms with Crippen molar-refractivity contribution in [3.8, 4) is 0 Å². The van der Waals surface area contributed by atoms with E-state index in [4.69, 9.17) is 5.11 Å². The first kappa shape index (κ1) is 16.4. The van der Waals surface area contributed by atoms with E-state index in [0.717, 1.165) is 4.31 Å². The van der Waals surface area contributed by atoms with Gasteiger partial charge in [0, 0.05) is 19.6 Å². The predicted molar refractivity (Wildman–Crippen MR) is 69.7 cm³/mol. The molecule has 0 amide bonds. The predicted octanol–water partition coefficient (Wildman–Crippen LogP) is -0.366. The van der Waals surface area contributed by atoms with Crippen molar-refractivity contribution in [1.29, 1.82) is 0 Å². The highest BCUT2D eigenvalue weighted by molar-refractivity contribution is 7.87. The molecule has 0 aliphatic carbocycles. The molecule has 7 nitrogen and oxygen atoms in total. The van der Waals surface area contributed by atoms with Gasteiger partial charge in [-0.2, -0.15) is 17.4 Å². The number of aliphatic hydroxyl groups excluding tert-OH is 1. The molecule has 1 heterocycles. The van der Waals surface area contributed by atoms with Crippen molar-refractivity contribution in [2.24, 2.45) is 11.8 Å². The lowest BCUT2D eigenvalue weighted by molar-refractivity contribution is -0.142. The van der Waals surface area contributed by atoms with Crippen molar-refractivity contribution < 1.29 is 23.4 Å². The number of rotatable bonds is 6. The number of aliphatic carboxylic acids is 1. The molecule has 0 bridgehead atoms. The SMILES string of the molecule is CC(C)C(O)CNS(=O)(=O)N1CCCC(C(=O)O)C1. The van der Waals surface area contributed by atoms with Gasteiger partial charge in [-0.1, -0.05) is 13.8 Å². The molecule has 19 heavy (non-hydrogen) atoms. The zero-order valence-electron chi connectivity index (χ0n) is 11.2.